The molecule has 0 saturated heterocycles. The monoisotopic (exact) mass is 400 g/mol. The molecule has 0 atom stereocenters. The lowest BCUT2D eigenvalue weighted by atomic mass is 10.3. The van der Waals surface area contributed by atoms with Crippen LogP contribution in [-0.2, 0) is 9.84 Å². The molecule has 3 aromatic rings. The van der Waals surface area contributed by atoms with Crippen LogP contribution in [0.1, 0.15) is 0 Å². The van der Waals surface area contributed by atoms with E-state index in [2.05, 4.69) is 20.9 Å². The van der Waals surface area contributed by atoms with Gasteiger partial charge in [0.2, 0.25) is 0 Å². The fourth-order valence-corrected chi connectivity index (χ4v) is 3.19. The highest BCUT2D eigenvalue weighted by Gasteiger charge is 2.17. The molecule has 2 aromatic heterocycles. The van der Waals surface area contributed by atoms with Crippen LogP contribution >= 0.6 is 27.5 Å². The molecule has 114 valence electrons. The van der Waals surface area contributed by atoms with Gasteiger partial charge in [-0.2, -0.15) is 0 Å². The highest BCUT2D eigenvalue weighted by atomic mass is 79.9. The largest absolute Gasteiger partial charge is 0.461 e. The zero-order valence-corrected chi connectivity index (χ0v) is 14.5. The molecule has 0 bridgehead atoms. The number of rotatable bonds is 3. The Bertz CT molecular complexity index is 929. The van der Waals surface area contributed by atoms with Crippen LogP contribution in [-0.4, -0.2) is 24.2 Å². The van der Waals surface area contributed by atoms with Crippen molar-refractivity contribution in [3.63, 3.8) is 0 Å². The summed E-state index contributed by atoms with van der Waals surface area (Å²) < 4.78 is 31.0. The Morgan fingerprint density at radius 3 is 2.50 bits per heavy atom. The van der Waals surface area contributed by atoms with E-state index in [1.54, 1.807) is 47.5 Å². The fraction of sp³-hybridized carbons (Fsp3) is 0.0714. The van der Waals surface area contributed by atoms with E-state index in [1.807, 2.05) is 0 Å². The maximum absolute atomic E-state index is 11.5. The summed E-state index contributed by atoms with van der Waals surface area (Å²) in [7, 11) is -3.23. The molecule has 0 N–H and O–H groups in total. The van der Waals surface area contributed by atoms with Gasteiger partial charge in [0.25, 0.3) is 0 Å². The number of sulfone groups is 1. The molecule has 22 heavy (non-hydrogen) atoms. The maximum Gasteiger partial charge on any atom is 0.175 e. The molecule has 0 unspecified atom stereocenters. The van der Waals surface area contributed by atoms with E-state index < -0.39 is 9.84 Å². The molecular weight excluding hydrogens is 392 g/mol. The first kappa shape index (κ1) is 15.3. The average Bonchev–Trinajstić information content (AvgIpc) is 3.04. The standard InChI is InChI=1S/C14H10BrClN2O3S/c1-22(19,20)11-4-2-10(3-5-11)18-8-17-14(16)13(18)12-6-9(15)7-21-12/h2-8H,1H3. The minimum absolute atomic E-state index is 0.254. The zero-order chi connectivity index (χ0) is 15.9. The van der Waals surface area contributed by atoms with Crippen molar-refractivity contribution in [1.82, 2.24) is 9.55 Å². The first-order valence-electron chi connectivity index (χ1n) is 6.14. The lowest BCUT2D eigenvalue weighted by Crippen LogP contribution is -1.99. The highest BCUT2D eigenvalue weighted by molar-refractivity contribution is 9.10. The van der Waals surface area contributed by atoms with Gasteiger partial charge in [0.05, 0.1) is 9.37 Å². The molecule has 5 nitrogen and oxygen atoms in total. The lowest BCUT2D eigenvalue weighted by Gasteiger charge is -2.07. The first-order chi connectivity index (χ1) is 10.4. The van der Waals surface area contributed by atoms with Crippen molar-refractivity contribution in [2.75, 3.05) is 6.26 Å². The predicted molar refractivity (Wildman–Crippen MR) is 87.1 cm³/mol. The van der Waals surface area contributed by atoms with Gasteiger partial charge < -0.3 is 4.42 Å². The van der Waals surface area contributed by atoms with Crippen molar-refractivity contribution in [1.29, 1.82) is 0 Å². The van der Waals surface area contributed by atoms with Crippen molar-refractivity contribution in [2.45, 2.75) is 4.90 Å². The SMILES string of the molecule is CS(=O)(=O)c1ccc(-n2cnc(Cl)c2-c2cc(Br)co2)cc1. The molecule has 0 fully saturated rings. The van der Waals surface area contributed by atoms with E-state index in [9.17, 15) is 8.42 Å². The zero-order valence-electron chi connectivity index (χ0n) is 11.3. The van der Waals surface area contributed by atoms with Gasteiger partial charge in [0.15, 0.2) is 20.8 Å². The molecule has 2 heterocycles. The van der Waals surface area contributed by atoms with Crippen LogP contribution < -0.4 is 0 Å². The topological polar surface area (TPSA) is 65.1 Å². The van der Waals surface area contributed by atoms with Gasteiger partial charge in [-0.25, -0.2) is 13.4 Å². The molecule has 3 rings (SSSR count). The summed E-state index contributed by atoms with van der Waals surface area (Å²) in [5.41, 5.74) is 1.33. The summed E-state index contributed by atoms with van der Waals surface area (Å²) in [6.45, 7) is 0. The van der Waals surface area contributed by atoms with Crippen LogP contribution in [0.2, 0.25) is 5.15 Å². The second kappa shape index (κ2) is 5.57. The van der Waals surface area contributed by atoms with Crippen molar-refractivity contribution in [2.24, 2.45) is 0 Å². The van der Waals surface area contributed by atoms with E-state index >= 15 is 0 Å². The third-order valence-electron chi connectivity index (χ3n) is 3.07. The van der Waals surface area contributed by atoms with Gasteiger partial charge >= 0.3 is 0 Å². The smallest absolute Gasteiger partial charge is 0.175 e. The van der Waals surface area contributed by atoms with Gasteiger partial charge in [-0.1, -0.05) is 11.6 Å². The molecule has 0 aliphatic rings. The number of hydrogen-bond acceptors (Lipinski definition) is 4. The van der Waals surface area contributed by atoms with Crippen LogP contribution in [0.15, 0.2) is 56.7 Å². The molecule has 0 aliphatic carbocycles. The van der Waals surface area contributed by atoms with E-state index in [0.717, 1.165) is 10.2 Å². The van der Waals surface area contributed by atoms with Gasteiger partial charge in [0, 0.05) is 18.0 Å². The number of nitrogens with zero attached hydrogens (tertiary/aromatic N) is 2. The normalized spacial score (nSPS) is 11.8. The van der Waals surface area contributed by atoms with Gasteiger partial charge in [-0.3, -0.25) is 4.57 Å². The van der Waals surface area contributed by atoms with Crippen molar-refractivity contribution < 1.29 is 12.8 Å². The Labute approximate surface area is 140 Å². The second-order valence-electron chi connectivity index (χ2n) is 4.65. The molecular formula is C14H10BrClN2O3S. The number of imidazole rings is 1. The summed E-state index contributed by atoms with van der Waals surface area (Å²) in [6, 6.07) is 8.25. The van der Waals surface area contributed by atoms with E-state index in [-0.39, 0.29) is 4.90 Å². The fourth-order valence-electron chi connectivity index (χ4n) is 2.03. The summed E-state index contributed by atoms with van der Waals surface area (Å²) >= 11 is 9.46. The Kier molecular flexibility index (Phi) is 3.88. The Morgan fingerprint density at radius 2 is 1.95 bits per heavy atom. The summed E-state index contributed by atoms with van der Waals surface area (Å²) in [5, 5.41) is 0.300. The van der Waals surface area contributed by atoms with E-state index in [1.165, 1.54) is 6.26 Å². The van der Waals surface area contributed by atoms with Gasteiger partial charge in [-0.05, 0) is 40.2 Å². The van der Waals surface area contributed by atoms with Crippen LogP contribution in [0.4, 0.5) is 0 Å². The maximum atomic E-state index is 11.5. The van der Waals surface area contributed by atoms with Crippen LogP contribution in [0.3, 0.4) is 0 Å². The third kappa shape index (κ3) is 2.84. The molecule has 0 amide bonds. The summed E-state index contributed by atoms with van der Waals surface area (Å²) in [5.74, 6) is 0.557. The Hall–Kier alpha value is -1.57. The molecule has 0 saturated carbocycles. The summed E-state index contributed by atoms with van der Waals surface area (Å²) in [6.07, 6.45) is 4.28. The van der Waals surface area contributed by atoms with E-state index in [4.69, 9.17) is 16.0 Å². The second-order valence-corrected chi connectivity index (χ2v) is 7.94. The Morgan fingerprint density at radius 1 is 1.27 bits per heavy atom. The van der Waals surface area contributed by atoms with Gasteiger partial charge in [0.1, 0.15) is 18.3 Å². The highest BCUT2D eigenvalue weighted by Crippen LogP contribution is 2.32. The first-order valence-corrected chi connectivity index (χ1v) is 9.20. The molecule has 0 radical (unpaired) electrons. The van der Waals surface area contributed by atoms with Gasteiger partial charge in [-0.15, -0.1) is 0 Å². The van der Waals surface area contributed by atoms with Crippen LogP contribution in [0.5, 0.6) is 0 Å². The minimum Gasteiger partial charge on any atom is -0.461 e. The molecule has 0 aliphatic heterocycles. The number of furan rings is 1. The van der Waals surface area contributed by atoms with E-state index in [0.29, 0.717) is 16.6 Å². The van der Waals surface area contributed by atoms with Crippen molar-refractivity contribution in [3.8, 4) is 17.1 Å². The summed E-state index contributed by atoms with van der Waals surface area (Å²) in [4.78, 5) is 4.34. The predicted octanol–water partition coefficient (Wildman–Crippen LogP) is 3.95. The number of benzene rings is 1. The molecule has 1 aromatic carbocycles. The number of hydrogen-bond donors (Lipinski definition) is 0. The number of aromatic nitrogens is 2. The quantitative estimate of drug-likeness (QED) is 0.666. The molecule has 0 spiro atoms. The van der Waals surface area contributed by atoms with Crippen LogP contribution in [0.25, 0.3) is 17.1 Å². The average molecular weight is 402 g/mol. The van der Waals surface area contributed by atoms with Crippen molar-refractivity contribution in [3.05, 3.63) is 52.5 Å². The Balaban J connectivity index is 2.10. The third-order valence-corrected chi connectivity index (χ3v) is 4.89. The molecule has 8 heteroatoms. The van der Waals surface area contributed by atoms with Crippen LogP contribution in [0, 0.1) is 0 Å². The van der Waals surface area contributed by atoms with Crippen molar-refractivity contribution >= 4 is 37.4 Å². The lowest BCUT2D eigenvalue weighted by molar-refractivity contribution is 0.577. The number of halogens is 2. The minimum atomic E-state index is -3.23.